The summed E-state index contributed by atoms with van der Waals surface area (Å²) in [5.74, 6) is 0.0641. The van der Waals surface area contributed by atoms with Gasteiger partial charge in [-0.1, -0.05) is 31.4 Å². The number of methoxy groups -OCH3 is 2. The topological polar surface area (TPSA) is 128 Å². The molecule has 0 atom stereocenters. The highest BCUT2D eigenvalue weighted by Gasteiger charge is 2.35. The Kier molecular flexibility index (Phi) is 7.75. The maximum absolute atomic E-state index is 13.7. The van der Waals surface area contributed by atoms with Gasteiger partial charge in [0, 0.05) is 18.2 Å². The molecule has 2 aromatic carbocycles. The summed E-state index contributed by atoms with van der Waals surface area (Å²) in [5, 5.41) is 14.4. The molecule has 1 aliphatic carbocycles. The van der Waals surface area contributed by atoms with Gasteiger partial charge in [-0.25, -0.2) is 8.42 Å². The zero-order valence-corrected chi connectivity index (χ0v) is 19.3. The van der Waals surface area contributed by atoms with Crippen LogP contribution in [0.1, 0.15) is 32.1 Å². The highest BCUT2D eigenvalue weighted by Crippen LogP contribution is 2.37. The summed E-state index contributed by atoms with van der Waals surface area (Å²) in [7, 11) is -1.70. The molecule has 3 rings (SSSR count). The highest BCUT2D eigenvalue weighted by atomic mass is 32.2. The normalized spacial score (nSPS) is 14.4. The lowest BCUT2D eigenvalue weighted by Crippen LogP contribution is -2.45. The van der Waals surface area contributed by atoms with Crippen molar-refractivity contribution in [1.82, 2.24) is 5.32 Å². The average Bonchev–Trinajstić information content (AvgIpc) is 2.82. The zero-order chi connectivity index (χ0) is 24.0. The monoisotopic (exact) mass is 477 g/mol. The average molecular weight is 478 g/mol. The molecule has 0 radical (unpaired) electrons. The van der Waals surface area contributed by atoms with E-state index in [0.717, 1.165) is 48.5 Å². The summed E-state index contributed by atoms with van der Waals surface area (Å²) < 4.78 is 38.7. The largest absolute Gasteiger partial charge is 0.497 e. The fourth-order valence-electron chi connectivity index (χ4n) is 3.89. The number of hydrogen-bond donors (Lipinski definition) is 1. The van der Waals surface area contributed by atoms with Crippen LogP contribution in [0, 0.1) is 10.1 Å². The number of rotatable bonds is 9. The van der Waals surface area contributed by atoms with E-state index in [1.165, 1.54) is 44.6 Å². The first-order chi connectivity index (χ1) is 15.8. The van der Waals surface area contributed by atoms with Gasteiger partial charge in [0.2, 0.25) is 5.91 Å². The van der Waals surface area contributed by atoms with Crippen molar-refractivity contribution in [2.45, 2.75) is 43.0 Å². The van der Waals surface area contributed by atoms with E-state index in [9.17, 15) is 23.3 Å². The minimum Gasteiger partial charge on any atom is -0.497 e. The van der Waals surface area contributed by atoms with Gasteiger partial charge in [0.15, 0.2) is 4.90 Å². The molecule has 0 aliphatic heterocycles. The lowest BCUT2D eigenvalue weighted by atomic mass is 9.95. The third-order valence-corrected chi connectivity index (χ3v) is 7.35. The number of nitrogens with one attached hydrogen (secondary N) is 1. The zero-order valence-electron chi connectivity index (χ0n) is 18.5. The summed E-state index contributed by atoms with van der Waals surface area (Å²) >= 11 is 0. The Balaban J connectivity index is 2.05. The minimum absolute atomic E-state index is 0.0281. The van der Waals surface area contributed by atoms with Gasteiger partial charge in [0.05, 0.1) is 24.8 Å². The SMILES string of the molecule is COc1ccc(N(CC(=O)NC2CCCCC2)S(=O)(=O)c2ccccc2[N+](=O)[O-])c(OC)c1. The van der Waals surface area contributed by atoms with Crippen LogP contribution in [0.2, 0.25) is 0 Å². The fourth-order valence-corrected chi connectivity index (χ4v) is 5.48. The van der Waals surface area contributed by atoms with Gasteiger partial charge < -0.3 is 14.8 Å². The van der Waals surface area contributed by atoms with Gasteiger partial charge in [-0.05, 0) is 31.0 Å². The van der Waals surface area contributed by atoms with Crippen molar-refractivity contribution in [1.29, 1.82) is 0 Å². The van der Waals surface area contributed by atoms with Crippen molar-refractivity contribution in [3.63, 3.8) is 0 Å². The van der Waals surface area contributed by atoms with E-state index >= 15 is 0 Å². The molecule has 1 N–H and O–H groups in total. The fraction of sp³-hybridized carbons (Fsp3) is 0.409. The number of sulfonamides is 1. The predicted molar refractivity (Wildman–Crippen MR) is 122 cm³/mol. The van der Waals surface area contributed by atoms with Gasteiger partial charge in [0.25, 0.3) is 15.7 Å². The van der Waals surface area contributed by atoms with E-state index in [4.69, 9.17) is 9.47 Å². The summed E-state index contributed by atoms with van der Waals surface area (Å²) in [5.41, 5.74) is -0.516. The second kappa shape index (κ2) is 10.5. The van der Waals surface area contributed by atoms with Crippen LogP contribution in [0.25, 0.3) is 0 Å². The predicted octanol–water partition coefficient (Wildman–Crippen LogP) is 3.26. The lowest BCUT2D eigenvalue weighted by molar-refractivity contribution is -0.387. The third-order valence-electron chi connectivity index (χ3n) is 5.54. The lowest BCUT2D eigenvalue weighted by Gasteiger charge is -2.28. The third kappa shape index (κ3) is 5.54. The van der Waals surface area contributed by atoms with Crippen molar-refractivity contribution in [2.24, 2.45) is 0 Å². The number of carbonyl (C=O) groups is 1. The van der Waals surface area contributed by atoms with Crippen LogP contribution in [0.15, 0.2) is 47.4 Å². The van der Waals surface area contributed by atoms with E-state index in [1.54, 1.807) is 0 Å². The summed E-state index contributed by atoms with van der Waals surface area (Å²) in [6.07, 6.45) is 4.75. The Morgan fingerprint density at radius 2 is 1.82 bits per heavy atom. The summed E-state index contributed by atoms with van der Waals surface area (Å²) in [6.45, 7) is -0.562. The van der Waals surface area contributed by atoms with Crippen LogP contribution in [0.3, 0.4) is 0 Å². The first kappa shape index (κ1) is 24.3. The second-order valence-electron chi connectivity index (χ2n) is 7.68. The number of nitro benzene ring substituents is 1. The van der Waals surface area contributed by atoms with Crippen LogP contribution >= 0.6 is 0 Å². The number of anilines is 1. The minimum atomic E-state index is -4.51. The molecule has 0 bridgehead atoms. The Labute approximate surface area is 192 Å². The van der Waals surface area contributed by atoms with E-state index in [2.05, 4.69) is 5.32 Å². The van der Waals surface area contributed by atoms with Gasteiger partial charge in [-0.3, -0.25) is 19.2 Å². The molecule has 33 heavy (non-hydrogen) atoms. The van der Waals surface area contributed by atoms with Crippen LogP contribution in [-0.2, 0) is 14.8 Å². The molecule has 10 nitrogen and oxygen atoms in total. The smallest absolute Gasteiger partial charge is 0.289 e. The number of amides is 1. The van der Waals surface area contributed by atoms with E-state index in [-0.39, 0.29) is 17.5 Å². The van der Waals surface area contributed by atoms with Crippen molar-refractivity contribution >= 4 is 27.3 Å². The molecule has 0 saturated heterocycles. The Morgan fingerprint density at radius 3 is 2.45 bits per heavy atom. The number of ether oxygens (including phenoxy) is 2. The Morgan fingerprint density at radius 1 is 1.12 bits per heavy atom. The number of hydrogen-bond acceptors (Lipinski definition) is 7. The molecule has 1 amide bonds. The number of benzene rings is 2. The molecule has 178 valence electrons. The number of nitro groups is 1. The van der Waals surface area contributed by atoms with Gasteiger partial charge in [-0.2, -0.15) is 0 Å². The molecule has 0 aromatic heterocycles. The number of para-hydroxylation sites is 1. The summed E-state index contributed by atoms with van der Waals surface area (Å²) in [4.78, 5) is 23.1. The van der Waals surface area contributed by atoms with E-state index in [1.807, 2.05) is 0 Å². The molecule has 1 saturated carbocycles. The molecule has 11 heteroatoms. The van der Waals surface area contributed by atoms with Gasteiger partial charge in [0.1, 0.15) is 18.0 Å². The van der Waals surface area contributed by atoms with Crippen LogP contribution in [-0.4, -0.2) is 46.1 Å². The molecule has 0 unspecified atom stereocenters. The van der Waals surface area contributed by atoms with Crippen molar-refractivity contribution < 1.29 is 27.6 Å². The van der Waals surface area contributed by atoms with Crippen molar-refractivity contribution in [3.05, 3.63) is 52.6 Å². The maximum Gasteiger partial charge on any atom is 0.289 e. The summed E-state index contributed by atoms with van der Waals surface area (Å²) in [6, 6.07) is 9.46. The van der Waals surface area contributed by atoms with Crippen LogP contribution in [0.4, 0.5) is 11.4 Å². The molecular formula is C22H27N3O7S. The van der Waals surface area contributed by atoms with Crippen LogP contribution < -0.4 is 19.1 Å². The van der Waals surface area contributed by atoms with E-state index in [0.29, 0.717) is 5.75 Å². The first-order valence-corrected chi connectivity index (χ1v) is 12.0. The standard InChI is InChI=1S/C22H27N3O7S/c1-31-17-12-13-18(20(14-17)32-2)24(15-22(26)23-16-8-4-3-5-9-16)33(29,30)21-11-7-6-10-19(21)25(27)28/h6-7,10-14,16H,3-5,8-9,15H2,1-2H3,(H,23,26). The van der Waals surface area contributed by atoms with Gasteiger partial charge in [-0.15, -0.1) is 0 Å². The molecular weight excluding hydrogens is 450 g/mol. The van der Waals surface area contributed by atoms with Crippen LogP contribution in [0.5, 0.6) is 11.5 Å². The Hall–Kier alpha value is -3.34. The second-order valence-corrected chi connectivity index (χ2v) is 9.51. The molecule has 1 fully saturated rings. The Bertz CT molecular complexity index is 1110. The number of carbonyl (C=O) groups excluding carboxylic acids is 1. The quantitative estimate of drug-likeness (QED) is 0.434. The molecule has 2 aromatic rings. The highest BCUT2D eigenvalue weighted by molar-refractivity contribution is 7.93. The molecule has 0 heterocycles. The first-order valence-electron chi connectivity index (χ1n) is 10.6. The molecule has 0 spiro atoms. The molecule has 1 aliphatic rings. The van der Waals surface area contributed by atoms with Crippen molar-refractivity contribution in [3.8, 4) is 11.5 Å². The number of nitrogens with zero attached hydrogens (tertiary/aromatic N) is 2. The van der Waals surface area contributed by atoms with Crippen molar-refractivity contribution in [2.75, 3.05) is 25.1 Å². The van der Waals surface area contributed by atoms with Gasteiger partial charge >= 0.3 is 0 Å². The van der Waals surface area contributed by atoms with E-state index < -0.39 is 38.0 Å². The maximum atomic E-state index is 13.7.